The zero-order valence-electron chi connectivity index (χ0n) is 14.3. The fourth-order valence-corrected chi connectivity index (χ4v) is 3.59. The Hall–Kier alpha value is -1.63. The van der Waals surface area contributed by atoms with E-state index in [9.17, 15) is 9.59 Å². The molecule has 2 aliphatic rings. The Labute approximate surface area is 153 Å². The number of halogens is 1. The van der Waals surface area contributed by atoms with Gasteiger partial charge < -0.3 is 15.5 Å². The molecule has 0 saturated carbocycles. The first-order valence-electron chi connectivity index (χ1n) is 8.90. The quantitative estimate of drug-likeness (QED) is 0.848. The van der Waals surface area contributed by atoms with Gasteiger partial charge in [0, 0.05) is 32.7 Å². The molecule has 1 unspecified atom stereocenters. The molecule has 2 saturated heterocycles. The molecule has 0 spiro atoms. The summed E-state index contributed by atoms with van der Waals surface area (Å²) in [6.07, 6.45) is 2.05. The number of para-hydroxylation sites is 1. The van der Waals surface area contributed by atoms with Gasteiger partial charge in [-0.05, 0) is 31.5 Å². The van der Waals surface area contributed by atoms with Gasteiger partial charge in [-0.1, -0.05) is 23.7 Å². The van der Waals surface area contributed by atoms with E-state index in [4.69, 9.17) is 11.6 Å². The molecule has 0 radical (unpaired) electrons. The highest BCUT2D eigenvalue weighted by atomic mass is 35.5. The van der Waals surface area contributed by atoms with Crippen LogP contribution in [0.25, 0.3) is 0 Å². The number of piperazine rings is 1. The molecule has 0 aliphatic carbocycles. The molecule has 2 aliphatic heterocycles. The Morgan fingerprint density at radius 1 is 1.20 bits per heavy atom. The number of nitrogens with one attached hydrogen (secondary N) is 2. The van der Waals surface area contributed by atoms with Crippen LogP contribution in [0.3, 0.4) is 0 Å². The van der Waals surface area contributed by atoms with Crippen molar-refractivity contribution in [3.8, 4) is 0 Å². The van der Waals surface area contributed by atoms with E-state index >= 15 is 0 Å². The van der Waals surface area contributed by atoms with Gasteiger partial charge in [0.2, 0.25) is 11.8 Å². The average Bonchev–Trinajstić information content (AvgIpc) is 2.64. The summed E-state index contributed by atoms with van der Waals surface area (Å²) in [6.45, 7) is 4.95. The van der Waals surface area contributed by atoms with Gasteiger partial charge in [0.15, 0.2) is 0 Å². The Morgan fingerprint density at radius 3 is 2.64 bits per heavy atom. The van der Waals surface area contributed by atoms with Gasteiger partial charge in [-0.15, -0.1) is 0 Å². The van der Waals surface area contributed by atoms with Gasteiger partial charge >= 0.3 is 0 Å². The van der Waals surface area contributed by atoms with E-state index in [1.54, 1.807) is 12.1 Å². The molecule has 6 nitrogen and oxygen atoms in total. The van der Waals surface area contributed by atoms with Crippen LogP contribution in [0, 0.1) is 5.92 Å². The first-order valence-corrected chi connectivity index (χ1v) is 9.27. The van der Waals surface area contributed by atoms with E-state index in [2.05, 4.69) is 15.5 Å². The minimum atomic E-state index is -0.0793. The number of carbonyl (C=O) groups excluding carboxylic acids is 2. The molecule has 2 N–H and O–H groups in total. The number of anilines is 1. The molecule has 7 heteroatoms. The monoisotopic (exact) mass is 364 g/mol. The van der Waals surface area contributed by atoms with Gasteiger partial charge in [0.1, 0.15) is 0 Å². The van der Waals surface area contributed by atoms with Crippen molar-refractivity contribution in [1.82, 2.24) is 15.1 Å². The highest BCUT2D eigenvalue weighted by molar-refractivity contribution is 6.33. The SMILES string of the molecule is O=C(CN1CCN(C(=O)C2CCCNC2)CC1)Nc1ccccc1Cl. The molecule has 2 fully saturated rings. The van der Waals surface area contributed by atoms with E-state index in [-0.39, 0.29) is 17.7 Å². The van der Waals surface area contributed by atoms with Gasteiger partial charge in [-0.2, -0.15) is 0 Å². The Kier molecular flexibility index (Phi) is 6.29. The van der Waals surface area contributed by atoms with Crippen molar-refractivity contribution < 1.29 is 9.59 Å². The van der Waals surface area contributed by atoms with E-state index in [1.807, 2.05) is 17.0 Å². The van der Waals surface area contributed by atoms with Gasteiger partial charge in [0.05, 0.1) is 23.2 Å². The molecule has 2 amide bonds. The summed E-state index contributed by atoms with van der Waals surface area (Å²) in [7, 11) is 0. The number of hydrogen-bond donors (Lipinski definition) is 2. The van der Waals surface area contributed by atoms with E-state index < -0.39 is 0 Å². The van der Waals surface area contributed by atoms with E-state index in [0.717, 1.165) is 39.0 Å². The molecular formula is C18H25ClN4O2. The zero-order valence-corrected chi connectivity index (χ0v) is 15.1. The summed E-state index contributed by atoms with van der Waals surface area (Å²) in [4.78, 5) is 28.8. The van der Waals surface area contributed by atoms with E-state index in [1.165, 1.54) is 0 Å². The lowest BCUT2D eigenvalue weighted by atomic mass is 9.98. The Morgan fingerprint density at radius 2 is 1.96 bits per heavy atom. The second-order valence-corrected chi connectivity index (χ2v) is 7.08. The number of amides is 2. The largest absolute Gasteiger partial charge is 0.340 e. The number of carbonyl (C=O) groups is 2. The van der Waals surface area contributed by atoms with Crippen molar-refractivity contribution in [3.63, 3.8) is 0 Å². The number of rotatable bonds is 4. The highest BCUT2D eigenvalue weighted by Crippen LogP contribution is 2.20. The zero-order chi connectivity index (χ0) is 17.6. The number of piperidine rings is 1. The number of benzene rings is 1. The summed E-state index contributed by atoms with van der Waals surface area (Å²) in [5.41, 5.74) is 0.632. The Bertz CT molecular complexity index is 611. The van der Waals surface area contributed by atoms with Crippen LogP contribution in [0.5, 0.6) is 0 Å². The lowest BCUT2D eigenvalue weighted by molar-refractivity contribution is -0.137. The normalized spacial score (nSPS) is 21.8. The minimum Gasteiger partial charge on any atom is -0.340 e. The van der Waals surface area contributed by atoms with Gasteiger partial charge in [-0.25, -0.2) is 0 Å². The molecule has 2 heterocycles. The van der Waals surface area contributed by atoms with Crippen molar-refractivity contribution in [3.05, 3.63) is 29.3 Å². The van der Waals surface area contributed by atoms with Gasteiger partial charge in [0.25, 0.3) is 0 Å². The van der Waals surface area contributed by atoms with Crippen LogP contribution in [0.4, 0.5) is 5.69 Å². The van der Waals surface area contributed by atoms with Crippen molar-refractivity contribution in [1.29, 1.82) is 0 Å². The maximum Gasteiger partial charge on any atom is 0.238 e. The molecule has 0 bridgehead atoms. The maximum absolute atomic E-state index is 12.5. The van der Waals surface area contributed by atoms with Crippen LogP contribution < -0.4 is 10.6 Å². The Balaban J connectivity index is 1.43. The van der Waals surface area contributed by atoms with Crippen molar-refractivity contribution >= 4 is 29.1 Å². The highest BCUT2D eigenvalue weighted by Gasteiger charge is 2.28. The van der Waals surface area contributed by atoms with Crippen LogP contribution in [0.1, 0.15) is 12.8 Å². The molecule has 3 rings (SSSR count). The third-order valence-electron chi connectivity index (χ3n) is 4.85. The minimum absolute atomic E-state index is 0.0793. The van der Waals surface area contributed by atoms with Crippen LogP contribution in [-0.2, 0) is 9.59 Å². The van der Waals surface area contributed by atoms with Crippen molar-refractivity contribution in [2.24, 2.45) is 5.92 Å². The summed E-state index contributed by atoms with van der Waals surface area (Å²) in [6, 6.07) is 7.21. The smallest absolute Gasteiger partial charge is 0.238 e. The third kappa shape index (κ3) is 4.93. The summed E-state index contributed by atoms with van der Waals surface area (Å²) >= 11 is 6.06. The summed E-state index contributed by atoms with van der Waals surface area (Å²) in [5.74, 6) is 0.292. The maximum atomic E-state index is 12.5. The molecule has 25 heavy (non-hydrogen) atoms. The standard InChI is InChI=1S/C18H25ClN4O2/c19-15-5-1-2-6-16(15)21-17(24)13-22-8-10-23(11-9-22)18(25)14-4-3-7-20-12-14/h1-2,5-6,14,20H,3-4,7-13H2,(H,21,24). The molecule has 1 atom stereocenters. The topological polar surface area (TPSA) is 64.7 Å². The summed E-state index contributed by atoms with van der Waals surface area (Å²) < 4.78 is 0. The fraction of sp³-hybridized carbons (Fsp3) is 0.556. The number of nitrogens with zero attached hydrogens (tertiary/aromatic N) is 2. The van der Waals surface area contributed by atoms with Crippen molar-refractivity contribution in [2.75, 3.05) is 51.1 Å². The first-order chi connectivity index (χ1) is 12.1. The lowest BCUT2D eigenvalue weighted by Gasteiger charge is -2.36. The van der Waals surface area contributed by atoms with Crippen LogP contribution in [0.2, 0.25) is 5.02 Å². The molecular weight excluding hydrogens is 340 g/mol. The molecule has 0 aromatic heterocycles. The molecule has 1 aromatic carbocycles. The third-order valence-corrected chi connectivity index (χ3v) is 5.17. The van der Waals surface area contributed by atoms with Crippen LogP contribution in [0.15, 0.2) is 24.3 Å². The second-order valence-electron chi connectivity index (χ2n) is 6.67. The van der Waals surface area contributed by atoms with E-state index in [0.29, 0.717) is 30.3 Å². The van der Waals surface area contributed by atoms with Crippen LogP contribution in [-0.4, -0.2) is 67.4 Å². The van der Waals surface area contributed by atoms with Crippen LogP contribution >= 0.6 is 11.6 Å². The molecule has 136 valence electrons. The lowest BCUT2D eigenvalue weighted by Crippen LogP contribution is -2.53. The first kappa shape index (κ1) is 18.2. The molecule has 1 aromatic rings. The predicted molar refractivity (Wildman–Crippen MR) is 98.7 cm³/mol. The van der Waals surface area contributed by atoms with Crippen molar-refractivity contribution in [2.45, 2.75) is 12.8 Å². The number of hydrogen-bond acceptors (Lipinski definition) is 4. The second kappa shape index (κ2) is 8.65. The average molecular weight is 365 g/mol. The summed E-state index contributed by atoms with van der Waals surface area (Å²) in [5, 5.41) is 6.67. The van der Waals surface area contributed by atoms with Gasteiger partial charge in [-0.3, -0.25) is 14.5 Å². The fourth-order valence-electron chi connectivity index (χ4n) is 3.40. The predicted octanol–water partition coefficient (Wildman–Crippen LogP) is 1.42.